The van der Waals surface area contributed by atoms with Crippen molar-refractivity contribution in [3.8, 4) is 0 Å². The van der Waals surface area contributed by atoms with Crippen LogP contribution in [-0.2, 0) is 6.42 Å². The lowest BCUT2D eigenvalue weighted by Crippen LogP contribution is -1.92. The predicted molar refractivity (Wildman–Crippen MR) is 62.9 cm³/mol. The molecule has 0 aliphatic heterocycles. The molecular formula is C13H10F2S. The Morgan fingerprint density at radius 3 is 2.38 bits per heavy atom. The molecule has 0 aromatic heterocycles. The van der Waals surface area contributed by atoms with Gasteiger partial charge in [-0.2, -0.15) is 0 Å². The Morgan fingerprint density at radius 1 is 0.938 bits per heavy atom. The van der Waals surface area contributed by atoms with Gasteiger partial charge in [0.05, 0.1) is 0 Å². The van der Waals surface area contributed by atoms with E-state index < -0.39 is 11.6 Å². The molecule has 0 heterocycles. The average Bonchev–Trinajstić information content (AvgIpc) is 2.27. The molecule has 0 N–H and O–H groups in total. The van der Waals surface area contributed by atoms with Gasteiger partial charge in [-0.05, 0) is 35.7 Å². The summed E-state index contributed by atoms with van der Waals surface area (Å²) in [6.45, 7) is 0. The van der Waals surface area contributed by atoms with Crippen LogP contribution in [0.25, 0.3) is 0 Å². The Balaban J connectivity index is 2.28. The van der Waals surface area contributed by atoms with E-state index in [0.717, 1.165) is 22.1 Å². The first-order valence-electron chi connectivity index (χ1n) is 4.87. The summed E-state index contributed by atoms with van der Waals surface area (Å²) in [6, 6.07) is 11.5. The van der Waals surface area contributed by atoms with Crippen molar-refractivity contribution in [2.24, 2.45) is 0 Å². The molecule has 0 fully saturated rings. The number of thiol groups is 1. The topological polar surface area (TPSA) is 0 Å². The van der Waals surface area contributed by atoms with E-state index in [9.17, 15) is 8.78 Å². The first-order valence-corrected chi connectivity index (χ1v) is 5.32. The molecular weight excluding hydrogens is 226 g/mol. The zero-order valence-corrected chi connectivity index (χ0v) is 9.35. The molecule has 0 spiro atoms. The summed E-state index contributed by atoms with van der Waals surface area (Å²) >= 11 is 4.31. The van der Waals surface area contributed by atoms with E-state index in [1.165, 1.54) is 6.07 Å². The second-order valence-electron chi connectivity index (χ2n) is 3.55. The van der Waals surface area contributed by atoms with Gasteiger partial charge in [-0.3, -0.25) is 0 Å². The minimum atomic E-state index is -0.817. The molecule has 0 amide bonds. The van der Waals surface area contributed by atoms with E-state index in [1.54, 1.807) is 6.07 Å². The molecule has 2 aromatic carbocycles. The number of benzene rings is 2. The van der Waals surface area contributed by atoms with Crippen molar-refractivity contribution in [3.63, 3.8) is 0 Å². The van der Waals surface area contributed by atoms with Crippen molar-refractivity contribution in [1.29, 1.82) is 0 Å². The summed E-state index contributed by atoms with van der Waals surface area (Å²) < 4.78 is 25.7. The highest BCUT2D eigenvalue weighted by Gasteiger charge is 2.04. The Hall–Kier alpha value is -1.35. The smallest absolute Gasteiger partial charge is 0.159 e. The van der Waals surface area contributed by atoms with Crippen molar-refractivity contribution in [1.82, 2.24) is 0 Å². The molecule has 0 unspecified atom stereocenters. The molecule has 0 aliphatic carbocycles. The molecule has 0 saturated heterocycles. The van der Waals surface area contributed by atoms with Crippen molar-refractivity contribution in [3.05, 3.63) is 65.2 Å². The maximum atomic E-state index is 13.0. The average molecular weight is 236 g/mol. The highest BCUT2D eigenvalue weighted by Crippen LogP contribution is 2.18. The van der Waals surface area contributed by atoms with E-state index in [0.29, 0.717) is 6.42 Å². The molecule has 0 aliphatic rings. The molecule has 0 radical (unpaired) electrons. The maximum Gasteiger partial charge on any atom is 0.159 e. The normalized spacial score (nSPS) is 10.4. The molecule has 16 heavy (non-hydrogen) atoms. The minimum Gasteiger partial charge on any atom is -0.204 e. The highest BCUT2D eigenvalue weighted by molar-refractivity contribution is 7.80. The third-order valence-electron chi connectivity index (χ3n) is 2.37. The van der Waals surface area contributed by atoms with Crippen LogP contribution in [-0.4, -0.2) is 0 Å². The zero-order valence-electron chi connectivity index (χ0n) is 8.45. The Kier molecular flexibility index (Phi) is 3.25. The number of hydrogen-bond acceptors (Lipinski definition) is 1. The van der Waals surface area contributed by atoms with E-state index in [-0.39, 0.29) is 0 Å². The first kappa shape index (κ1) is 11.1. The van der Waals surface area contributed by atoms with Gasteiger partial charge in [0.15, 0.2) is 11.6 Å². The van der Waals surface area contributed by atoms with Gasteiger partial charge in [0.25, 0.3) is 0 Å². The lowest BCUT2D eigenvalue weighted by Gasteiger charge is -2.05. The Morgan fingerprint density at radius 2 is 1.69 bits per heavy atom. The van der Waals surface area contributed by atoms with Gasteiger partial charge in [0.1, 0.15) is 0 Å². The maximum absolute atomic E-state index is 13.0. The summed E-state index contributed by atoms with van der Waals surface area (Å²) in [5, 5.41) is 0. The highest BCUT2D eigenvalue weighted by atomic mass is 32.1. The van der Waals surface area contributed by atoms with E-state index >= 15 is 0 Å². The Labute approximate surface area is 98.3 Å². The van der Waals surface area contributed by atoms with Crippen molar-refractivity contribution >= 4 is 12.6 Å². The lowest BCUT2D eigenvalue weighted by atomic mass is 10.0. The monoisotopic (exact) mass is 236 g/mol. The van der Waals surface area contributed by atoms with Crippen LogP contribution in [0.15, 0.2) is 47.4 Å². The summed E-state index contributed by atoms with van der Waals surface area (Å²) in [5.41, 5.74) is 1.73. The fourth-order valence-corrected chi connectivity index (χ4v) is 1.77. The standard InChI is InChI=1S/C13H10F2S/c14-11-6-5-9(8-12(11)15)7-10-3-1-2-4-13(10)16/h1-6,8,16H,7H2. The first-order chi connectivity index (χ1) is 7.66. The summed E-state index contributed by atoms with van der Waals surface area (Å²) in [7, 11) is 0. The number of rotatable bonds is 2. The second-order valence-corrected chi connectivity index (χ2v) is 4.04. The van der Waals surface area contributed by atoms with Gasteiger partial charge in [0.2, 0.25) is 0 Å². The van der Waals surface area contributed by atoms with Crippen molar-refractivity contribution in [2.75, 3.05) is 0 Å². The van der Waals surface area contributed by atoms with Gasteiger partial charge in [-0.1, -0.05) is 24.3 Å². The third kappa shape index (κ3) is 2.42. The fourth-order valence-electron chi connectivity index (χ4n) is 1.53. The van der Waals surface area contributed by atoms with Gasteiger partial charge in [0, 0.05) is 4.90 Å². The van der Waals surface area contributed by atoms with Gasteiger partial charge < -0.3 is 0 Å². The van der Waals surface area contributed by atoms with E-state index in [1.807, 2.05) is 24.3 Å². The fraction of sp³-hybridized carbons (Fsp3) is 0.0769. The lowest BCUT2D eigenvalue weighted by molar-refractivity contribution is 0.507. The van der Waals surface area contributed by atoms with Crippen LogP contribution in [0.1, 0.15) is 11.1 Å². The van der Waals surface area contributed by atoms with Crippen LogP contribution < -0.4 is 0 Å². The molecule has 0 saturated carbocycles. The van der Waals surface area contributed by atoms with E-state index in [2.05, 4.69) is 12.6 Å². The summed E-state index contributed by atoms with van der Waals surface area (Å²) in [5.74, 6) is -1.63. The van der Waals surface area contributed by atoms with E-state index in [4.69, 9.17) is 0 Å². The quantitative estimate of drug-likeness (QED) is 0.752. The molecule has 0 atom stereocenters. The van der Waals surface area contributed by atoms with Crippen LogP contribution in [0.3, 0.4) is 0 Å². The number of halogens is 2. The Bertz CT molecular complexity index is 509. The largest absolute Gasteiger partial charge is 0.204 e. The molecule has 2 rings (SSSR count). The van der Waals surface area contributed by atoms with Crippen molar-refractivity contribution in [2.45, 2.75) is 11.3 Å². The zero-order chi connectivity index (χ0) is 11.5. The molecule has 2 aromatic rings. The molecule has 0 nitrogen and oxygen atoms in total. The summed E-state index contributed by atoms with van der Waals surface area (Å²) in [4.78, 5) is 0.854. The molecule has 82 valence electrons. The van der Waals surface area contributed by atoms with Gasteiger partial charge in [-0.25, -0.2) is 8.78 Å². The van der Waals surface area contributed by atoms with Crippen LogP contribution in [0.4, 0.5) is 8.78 Å². The van der Waals surface area contributed by atoms with Crippen LogP contribution in [0, 0.1) is 11.6 Å². The second kappa shape index (κ2) is 4.66. The third-order valence-corrected chi connectivity index (χ3v) is 2.81. The van der Waals surface area contributed by atoms with Crippen LogP contribution in [0.2, 0.25) is 0 Å². The molecule has 0 bridgehead atoms. The van der Waals surface area contributed by atoms with Gasteiger partial charge >= 0.3 is 0 Å². The summed E-state index contributed by atoms with van der Waals surface area (Å²) in [6.07, 6.45) is 0.552. The van der Waals surface area contributed by atoms with Gasteiger partial charge in [-0.15, -0.1) is 12.6 Å². The predicted octanol–water partition coefficient (Wildman–Crippen LogP) is 3.84. The molecule has 3 heteroatoms. The van der Waals surface area contributed by atoms with Crippen LogP contribution in [0.5, 0.6) is 0 Å². The van der Waals surface area contributed by atoms with Crippen LogP contribution >= 0.6 is 12.6 Å². The minimum absolute atomic E-state index is 0.552. The number of hydrogen-bond donors (Lipinski definition) is 1. The van der Waals surface area contributed by atoms with Crippen molar-refractivity contribution < 1.29 is 8.78 Å². The SMILES string of the molecule is Fc1ccc(Cc2ccccc2S)cc1F.